The Hall–Kier alpha value is -1.79. The summed E-state index contributed by atoms with van der Waals surface area (Å²) in [4.78, 5) is 16.2. The normalized spacial score (nSPS) is 18.6. The highest BCUT2D eigenvalue weighted by atomic mass is 32.2. The molecule has 0 atom stereocenters. The van der Waals surface area contributed by atoms with Gasteiger partial charge in [-0.05, 0) is 62.6 Å². The van der Waals surface area contributed by atoms with Gasteiger partial charge in [0.05, 0.1) is 0 Å². The van der Waals surface area contributed by atoms with Gasteiger partial charge in [0.1, 0.15) is 5.76 Å². The van der Waals surface area contributed by atoms with E-state index in [0.29, 0.717) is 17.5 Å². The van der Waals surface area contributed by atoms with Crippen LogP contribution in [0.3, 0.4) is 0 Å². The second-order valence-corrected chi connectivity index (χ2v) is 8.48. The molecular weight excluding hydrogens is 358 g/mol. The standard InChI is InChI=1S/C21H27N3O2S/c1-27-20-5-3-2-4-17(20)14-24-10-8-15(9-11-24)13-22-21(25)18-12-19(26-23-18)16-6-7-16/h2-5,12,15-16H,6-11,13-14H2,1H3,(H,22,25). The number of carbonyl (C=O) groups excluding carboxylic acids is 1. The predicted molar refractivity (Wildman–Crippen MR) is 107 cm³/mol. The minimum absolute atomic E-state index is 0.109. The van der Waals surface area contributed by atoms with E-state index >= 15 is 0 Å². The fourth-order valence-electron chi connectivity index (χ4n) is 3.71. The summed E-state index contributed by atoms with van der Waals surface area (Å²) in [5.74, 6) is 1.77. The highest BCUT2D eigenvalue weighted by Gasteiger charge is 2.29. The molecule has 2 heterocycles. The molecule has 2 aromatic rings. The first-order valence-corrected chi connectivity index (χ1v) is 11.0. The van der Waals surface area contributed by atoms with Crippen LogP contribution in [0.15, 0.2) is 39.8 Å². The van der Waals surface area contributed by atoms with Crippen LogP contribution in [0, 0.1) is 5.92 Å². The Labute approximate surface area is 164 Å². The van der Waals surface area contributed by atoms with Gasteiger partial charge in [0.25, 0.3) is 5.91 Å². The quantitative estimate of drug-likeness (QED) is 0.732. The predicted octanol–water partition coefficient (Wildman–Crippen LogP) is 3.92. The second kappa shape index (κ2) is 8.48. The Balaban J connectivity index is 1.21. The van der Waals surface area contributed by atoms with Gasteiger partial charge in [0.2, 0.25) is 0 Å². The monoisotopic (exact) mass is 385 g/mol. The van der Waals surface area contributed by atoms with Gasteiger partial charge in [0.15, 0.2) is 5.69 Å². The Morgan fingerprint density at radius 2 is 2.04 bits per heavy atom. The van der Waals surface area contributed by atoms with E-state index in [9.17, 15) is 4.79 Å². The summed E-state index contributed by atoms with van der Waals surface area (Å²) < 4.78 is 5.27. The zero-order valence-corrected chi connectivity index (χ0v) is 16.6. The Bertz CT molecular complexity index is 779. The van der Waals surface area contributed by atoms with E-state index in [1.54, 1.807) is 6.07 Å². The van der Waals surface area contributed by atoms with E-state index in [-0.39, 0.29) is 5.91 Å². The number of aromatic nitrogens is 1. The summed E-state index contributed by atoms with van der Waals surface area (Å²) in [6.07, 6.45) is 6.67. The second-order valence-electron chi connectivity index (χ2n) is 7.63. The zero-order chi connectivity index (χ0) is 18.6. The molecule has 4 rings (SSSR count). The van der Waals surface area contributed by atoms with Gasteiger partial charge >= 0.3 is 0 Å². The third kappa shape index (κ3) is 4.74. The molecule has 0 spiro atoms. The van der Waals surface area contributed by atoms with E-state index < -0.39 is 0 Å². The van der Waals surface area contributed by atoms with Gasteiger partial charge < -0.3 is 9.84 Å². The van der Waals surface area contributed by atoms with Gasteiger partial charge in [-0.1, -0.05) is 23.4 Å². The molecule has 5 nitrogen and oxygen atoms in total. The summed E-state index contributed by atoms with van der Waals surface area (Å²) in [6, 6.07) is 10.5. The number of carbonyl (C=O) groups is 1. The van der Waals surface area contributed by atoms with Crippen LogP contribution in [0.25, 0.3) is 0 Å². The van der Waals surface area contributed by atoms with Crippen LogP contribution in [0.4, 0.5) is 0 Å². The molecule has 0 unspecified atom stereocenters. The number of piperidine rings is 1. The molecule has 0 radical (unpaired) electrons. The van der Waals surface area contributed by atoms with Gasteiger partial charge in [-0.3, -0.25) is 9.69 Å². The third-order valence-corrected chi connectivity index (χ3v) is 6.42. The maximum atomic E-state index is 12.3. The molecule has 6 heteroatoms. The van der Waals surface area contributed by atoms with Crippen molar-refractivity contribution in [1.29, 1.82) is 0 Å². The van der Waals surface area contributed by atoms with E-state index in [1.807, 2.05) is 11.8 Å². The number of thioether (sulfide) groups is 1. The van der Waals surface area contributed by atoms with Crippen LogP contribution in [0.1, 0.15) is 53.4 Å². The number of amides is 1. The highest BCUT2D eigenvalue weighted by Crippen LogP contribution is 2.40. The number of nitrogens with zero attached hydrogens (tertiary/aromatic N) is 2. The fourth-order valence-corrected chi connectivity index (χ4v) is 4.32. The highest BCUT2D eigenvalue weighted by molar-refractivity contribution is 7.98. The molecule has 2 fully saturated rings. The van der Waals surface area contributed by atoms with Crippen molar-refractivity contribution in [2.24, 2.45) is 5.92 Å². The van der Waals surface area contributed by atoms with Gasteiger partial charge in [-0.15, -0.1) is 11.8 Å². The van der Waals surface area contributed by atoms with E-state index in [0.717, 1.165) is 57.6 Å². The molecule has 1 aromatic heterocycles. The largest absolute Gasteiger partial charge is 0.360 e. The Kier molecular flexibility index (Phi) is 5.83. The SMILES string of the molecule is CSc1ccccc1CN1CCC(CNC(=O)c2cc(C3CC3)on2)CC1. The van der Waals surface area contributed by atoms with Gasteiger partial charge in [0, 0.05) is 30.0 Å². The van der Waals surface area contributed by atoms with Crippen LogP contribution in [-0.4, -0.2) is 41.9 Å². The zero-order valence-electron chi connectivity index (χ0n) is 15.8. The lowest BCUT2D eigenvalue weighted by atomic mass is 9.96. The van der Waals surface area contributed by atoms with Crippen molar-refractivity contribution in [1.82, 2.24) is 15.4 Å². The summed E-state index contributed by atoms with van der Waals surface area (Å²) >= 11 is 1.81. The lowest BCUT2D eigenvalue weighted by Crippen LogP contribution is -2.38. The van der Waals surface area contributed by atoms with Crippen molar-refractivity contribution in [3.05, 3.63) is 47.3 Å². The molecule has 2 aliphatic rings. The van der Waals surface area contributed by atoms with Crippen LogP contribution < -0.4 is 5.32 Å². The van der Waals surface area contributed by atoms with Crippen LogP contribution >= 0.6 is 11.8 Å². The Morgan fingerprint density at radius 3 is 2.78 bits per heavy atom. The Morgan fingerprint density at radius 1 is 1.26 bits per heavy atom. The molecule has 1 aliphatic carbocycles. The summed E-state index contributed by atoms with van der Waals surface area (Å²) in [5, 5.41) is 6.96. The average molecular weight is 386 g/mol. The van der Waals surface area contributed by atoms with Crippen molar-refractivity contribution >= 4 is 17.7 Å². The van der Waals surface area contributed by atoms with Crippen LogP contribution in [0.2, 0.25) is 0 Å². The molecule has 1 aromatic carbocycles. The maximum Gasteiger partial charge on any atom is 0.273 e. The fraction of sp³-hybridized carbons (Fsp3) is 0.524. The first-order chi connectivity index (χ1) is 13.2. The number of rotatable bonds is 7. The van der Waals surface area contributed by atoms with Crippen molar-refractivity contribution < 1.29 is 9.32 Å². The average Bonchev–Trinajstić information content (AvgIpc) is 3.44. The summed E-state index contributed by atoms with van der Waals surface area (Å²) in [5.41, 5.74) is 1.83. The minimum atomic E-state index is -0.109. The third-order valence-electron chi connectivity index (χ3n) is 5.59. The molecule has 0 bridgehead atoms. The van der Waals surface area contributed by atoms with E-state index in [4.69, 9.17) is 4.52 Å². The lowest BCUT2D eigenvalue weighted by molar-refractivity contribution is 0.0926. The molecule has 1 saturated carbocycles. The van der Waals surface area contributed by atoms with E-state index in [1.165, 1.54) is 10.5 Å². The molecule has 27 heavy (non-hydrogen) atoms. The number of likely N-dealkylation sites (tertiary alicyclic amines) is 1. The van der Waals surface area contributed by atoms with Crippen molar-refractivity contribution in [3.63, 3.8) is 0 Å². The van der Waals surface area contributed by atoms with E-state index in [2.05, 4.69) is 45.9 Å². The first kappa shape index (κ1) is 18.6. The van der Waals surface area contributed by atoms with Crippen molar-refractivity contribution in [2.45, 2.75) is 43.0 Å². The minimum Gasteiger partial charge on any atom is -0.360 e. The van der Waals surface area contributed by atoms with Crippen LogP contribution in [0.5, 0.6) is 0 Å². The smallest absolute Gasteiger partial charge is 0.273 e. The first-order valence-electron chi connectivity index (χ1n) is 9.82. The number of hydrogen-bond acceptors (Lipinski definition) is 5. The number of benzene rings is 1. The van der Waals surface area contributed by atoms with Gasteiger partial charge in [-0.25, -0.2) is 0 Å². The topological polar surface area (TPSA) is 58.4 Å². The lowest BCUT2D eigenvalue weighted by Gasteiger charge is -2.32. The number of nitrogens with one attached hydrogen (secondary N) is 1. The maximum absolute atomic E-state index is 12.3. The molecule has 1 N–H and O–H groups in total. The van der Waals surface area contributed by atoms with Crippen molar-refractivity contribution in [2.75, 3.05) is 25.9 Å². The molecular formula is C21H27N3O2S. The summed E-state index contributed by atoms with van der Waals surface area (Å²) in [6.45, 7) is 3.90. The molecule has 1 saturated heterocycles. The number of hydrogen-bond donors (Lipinski definition) is 1. The van der Waals surface area contributed by atoms with Crippen LogP contribution in [-0.2, 0) is 6.54 Å². The molecule has 1 aliphatic heterocycles. The van der Waals surface area contributed by atoms with Gasteiger partial charge in [-0.2, -0.15) is 0 Å². The van der Waals surface area contributed by atoms with Crippen molar-refractivity contribution in [3.8, 4) is 0 Å². The summed E-state index contributed by atoms with van der Waals surface area (Å²) in [7, 11) is 0. The molecule has 144 valence electrons. The molecule has 1 amide bonds.